The van der Waals surface area contributed by atoms with Crippen molar-refractivity contribution in [2.24, 2.45) is 5.73 Å². The van der Waals surface area contributed by atoms with Crippen LogP contribution in [-0.2, 0) is 14.6 Å². The molecule has 78 valence electrons. The zero-order valence-corrected chi connectivity index (χ0v) is 8.93. The van der Waals surface area contributed by atoms with Gasteiger partial charge in [0.15, 0.2) is 0 Å². The minimum absolute atomic E-state index is 0.0331. The highest BCUT2D eigenvalue weighted by molar-refractivity contribution is 7.90. The van der Waals surface area contributed by atoms with E-state index in [1.807, 2.05) is 6.92 Å². The fourth-order valence-corrected chi connectivity index (χ4v) is 2.25. The normalized spacial score (nSPS) is 35.2. The maximum atomic E-state index is 10.9. The summed E-state index contributed by atoms with van der Waals surface area (Å²) in [7, 11) is -2.91. The maximum Gasteiger partial charge on any atom is 0.147 e. The highest BCUT2D eigenvalue weighted by Gasteiger charge is 2.37. The quantitative estimate of drug-likeness (QED) is 0.703. The Morgan fingerprint density at radius 3 is 2.62 bits per heavy atom. The molecule has 2 atom stereocenters. The van der Waals surface area contributed by atoms with E-state index in [0.29, 0.717) is 13.0 Å². The van der Waals surface area contributed by atoms with Crippen LogP contribution in [0.3, 0.4) is 0 Å². The molecule has 1 rings (SSSR count). The van der Waals surface area contributed by atoms with Gasteiger partial charge in [-0.3, -0.25) is 0 Å². The van der Waals surface area contributed by atoms with Gasteiger partial charge in [0.05, 0.1) is 11.9 Å². The molecule has 0 aromatic carbocycles. The van der Waals surface area contributed by atoms with E-state index in [2.05, 4.69) is 0 Å². The molecule has 1 fully saturated rings. The molecule has 2 unspecified atom stereocenters. The molecule has 1 aliphatic rings. The SMILES string of the molecule is CC1OCCC1(N)CCS(C)(=O)=O. The monoisotopic (exact) mass is 207 g/mol. The summed E-state index contributed by atoms with van der Waals surface area (Å²) in [5.41, 5.74) is 5.58. The Morgan fingerprint density at radius 2 is 2.23 bits per heavy atom. The third-order valence-electron chi connectivity index (χ3n) is 2.68. The molecule has 0 saturated carbocycles. The average molecular weight is 207 g/mol. The third kappa shape index (κ3) is 2.93. The lowest BCUT2D eigenvalue weighted by Crippen LogP contribution is -2.47. The number of hydrogen-bond donors (Lipinski definition) is 1. The van der Waals surface area contributed by atoms with Crippen LogP contribution in [0.4, 0.5) is 0 Å². The number of rotatable bonds is 3. The van der Waals surface area contributed by atoms with Gasteiger partial charge in [-0.1, -0.05) is 0 Å². The molecular formula is C8H17NO3S. The van der Waals surface area contributed by atoms with E-state index in [4.69, 9.17) is 10.5 Å². The number of nitrogens with two attached hydrogens (primary N) is 1. The van der Waals surface area contributed by atoms with Crippen LogP contribution in [0.1, 0.15) is 19.8 Å². The van der Waals surface area contributed by atoms with Gasteiger partial charge >= 0.3 is 0 Å². The van der Waals surface area contributed by atoms with Crippen molar-refractivity contribution in [2.45, 2.75) is 31.4 Å². The van der Waals surface area contributed by atoms with Crippen LogP contribution in [0.15, 0.2) is 0 Å². The van der Waals surface area contributed by atoms with Gasteiger partial charge in [-0.2, -0.15) is 0 Å². The highest BCUT2D eigenvalue weighted by atomic mass is 32.2. The lowest BCUT2D eigenvalue weighted by Gasteiger charge is -2.26. The second kappa shape index (κ2) is 3.55. The molecule has 4 nitrogen and oxygen atoms in total. The van der Waals surface area contributed by atoms with Gasteiger partial charge < -0.3 is 10.5 Å². The van der Waals surface area contributed by atoms with Gasteiger partial charge in [-0.25, -0.2) is 8.42 Å². The van der Waals surface area contributed by atoms with Gasteiger partial charge in [-0.05, 0) is 19.8 Å². The Bertz CT molecular complexity index is 275. The van der Waals surface area contributed by atoms with E-state index in [1.54, 1.807) is 0 Å². The van der Waals surface area contributed by atoms with Crippen molar-refractivity contribution in [3.8, 4) is 0 Å². The molecule has 0 amide bonds. The molecule has 0 aromatic heterocycles. The zero-order valence-electron chi connectivity index (χ0n) is 8.12. The van der Waals surface area contributed by atoms with Crippen molar-refractivity contribution in [3.05, 3.63) is 0 Å². The van der Waals surface area contributed by atoms with Gasteiger partial charge in [0.2, 0.25) is 0 Å². The van der Waals surface area contributed by atoms with E-state index in [1.165, 1.54) is 6.26 Å². The molecule has 0 radical (unpaired) electrons. The first kappa shape index (κ1) is 10.9. The van der Waals surface area contributed by atoms with Crippen molar-refractivity contribution in [3.63, 3.8) is 0 Å². The Balaban J connectivity index is 2.53. The predicted molar refractivity (Wildman–Crippen MR) is 51.3 cm³/mol. The average Bonchev–Trinajstić information content (AvgIpc) is 2.29. The second-order valence-corrected chi connectivity index (χ2v) is 6.14. The van der Waals surface area contributed by atoms with E-state index < -0.39 is 15.4 Å². The molecule has 13 heavy (non-hydrogen) atoms. The summed E-state index contributed by atoms with van der Waals surface area (Å²) >= 11 is 0. The lowest BCUT2D eigenvalue weighted by molar-refractivity contribution is 0.0946. The summed E-state index contributed by atoms with van der Waals surface area (Å²) in [6.07, 6.45) is 2.45. The van der Waals surface area contributed by atoms with Gasteiger partial charge in [0.25, 0.3) is 0 Å². The lowest BCUT2D eigenvalue weighted by atomic mass is 9.91. The topological polar surface area (TPSA) is 69.4 Å². The van der Waals surface area contributed by atoms with Crippen LogP contribution in [0.25, 0.3) is 0 Å². The molecule has 0 bridgehead atoms. The summed E-state index contributed by atoms with van der Waals surface area (Å²) in [5, 5.41) is 0. The predicted octanol–water partition coefficient (Wildman–Crippen LogP) is -0.0726. The summed E-state index contributed by atoms with van der Waals surface area (Å²) in [6.45, 7) is 2.54. The Labute approximate surface area is 79.4 Å². The highest BCUT2D eigenvalue weighted by Crippen LogP contribution is 2.26. The summed E-state index contributed by atoms with van der Waals surface area (Å²) in [4.78, 5) is 0. The van der Waals surface area contributed by atoms with E-state index in [-0.39, 0.29) is 11.9 Å². The van der Waals surface area contributed by atoms with Crippen LogP contribution in [0, 0.1) is 0 Å². The van der Waals surface area contributed by atoms with Crippen LogP contribution in [-0.4, -0.2) is 38.7 Å². The summed E-state index contributed by atoms with van der Waals surface area (Å²) in [6, 6.07) is 0. The largest absolute Gasteiger partial charge is 0.377 e. The molecule has 1 aliphatic heterocycles. The third-order valence-corrected chi connectivity index (χ3v) is 3.63. The Morgan fingerprint density at radius 1 is 1.62 bits per heavy atom. The van der Waals surface area contributed by atoms with Crippen molar-refractivity contribution in [2.75, 3.05) is 18.6 Å². The van der Waals surface area contributed by atoms with Crippen LogP contribution >= 0.6 is 0 Å². The maximum absolute atomic E-state index is 10.9. The summed E-state index contributed by atoms with van der Waals surface area (Å²) in [5.74, 6) is 0.150. The van der Waals surface area contributed by atoms with E-state index >= 15 is 0 Å². The first-order valence-electron chi connectivity index (χ1n) is 4.42. The molecule has 1 saturated heterocycles. The molecule has 0 aromatic rings. The van der Waals surface area contributed by atoms with E-state index in [9.17, 15) is 8.42 Å². The number of ether oxygens (including phenoxy) is 1. The Kier molecular flexibility index (Phi) is 2.99. The van der Waals surface area contributed by atoms with Crippen molar-refractivity contribution >= 4 is 9.84 Å². The zero-order chi connectivity index (χ0) is 10.1. The first-order valence-corrected chi connectivity index (χ1v) is 6.48. The molecular weight excluding hydrogens is 190 g/mol. The number of hydrogen-bond acceptors (Lipinski definition) is 4. The van der Waals surface area contributed by atoms with Gasteiger partial charge in [-0.15, -0.1) is 0 Å². The van der Waals surface area contributed by atoms with Crippen molar-refractivity contribution < 1.29 is 13.2 Å². The van der Waals surface area contributed by atoms with E-state index in [0.717, 1.165) is 6.42 Å². The fraction of sp³-hybridized carbons (Fsp3) is 1.00. The summed E-state index contributed by atoms with van der Waals surface area (Å²) < 4.78 is 27.2. The minimum atomic E-state index is -2.91. The molecule has 2 N–H and O–H groups in total. The van der Waals surface area contributed by atoms with Crippen LogP contribution in [0.2, 0.25) is 0 Å². The molecule has 0 spiro atoms. The smallest absolute Gasteiger partial charge is 0.147 e. The number of sulfone groups is 1. The molecule has 1 heterocycles. The van der Waals surface area contributed by atoms with Gasteiger partial charge in [0.1, 0.15) is 9.84 Å². The van der Waals surface area contributed by atoms with Crippen LogP contribution in [0.5, 0.6) is 0 Å². The van der Waals surface area contributed by atoms with Gasteiger partial charge in [0, 0.05) is 18.4 Å². The molecule has 5 heteroatoms. The Hall–Kier alpha value is -0.130. The molecule has 0 aliphatic carbocycles. The van der Waals surface area contributed by atoms with Crippen LogP contribution < -0.4 is 5.73 Å². The minimum Gasteiger partial charge on any atom is -0.377 e. The fourth-order valence-electron chi connectivity index (χ4n) is 1.50. The first-order chi connectivity index (χ1) is 5.83. The standard InChI is InChI=1S/C8H17NO3S/c1-7-8(9,3-5-12-7)4-6-13(2,10)11/h7H,3-6,9H2,1-2H3. The van der Waals surface area contributed by atoms with Crippen molar-refractivity contribution in [1.82, 2.24) is 0 Å². The van der Waals surface area contributed by atoms with Crippen molar-refractivity contribution in [1.29, 1.82) is 0 Å². The second-order valence-electron chi connectivity index (χ2n) is 3.88.